The highest BCUT2D eigenvalue weighted by Gasteiger charge is 2.53. The van der Waals surface area contributed by atoms with Gasteiger partial charge in [0.15, 0.2) is 0 Å². The number of imide groups is 1. The number of nitrogens with zero attached hydrogens (tertiary/aromatic N) is 1. The van der Waals surface area contributed by atoms with Crippen LogP contribution in [0.1, 0.15) is 29.5 Å². The van der Waals surface area contributed by atoms with Gasteiger partial charge >= 0.3 is 6.03 Å². The van der Waals surface area contributed by atoms with Crippen LogP contribution in [0, 0.1) is 0 Å². The van der Waals surface area contributed by atoms with Crippen LogP contribution in [0.2, 0.25) is 0 Å². The summed E-state index contributed by atoms with van der Waals surface area (Å²) in [6, 6.07) is 17.3. The molecule has 0 unspecified atom stereocenters. The summed E-state index contributed by atoms with van der Waals surface area (Å²) in [5.41, 5.74) is 2.20. The molecule has 2 aromatic rings. The second kappa shape index (κ2) is 5.23. The lowest BCUT2D eigenvalue weighted by Gasteiger charge is -2.33. The normalized spacial score (nSPS) is 23.0. The second-order valence-electron chi connectivity index (χ2n) is 6.22. The van der Waals surface area contributed by atoms with E-state index in [1.165, 1.54) is 4.90 Å². The average molecular weight is 306 g/mol. The summed E-state index contributed by atoms with van der Waals surface area (Å²) in [5.74, 6) is -0.126. The molecule has 0 bridgehead atoms. The Morgan fingerprint density at radius 1 is 1.00 bits per heavy atom. The molecule has 116 valence electrons. The van der Waals surface area contributed by atoms with Gasteiger partial charge in [-0.1, -0.05) is 54.6 Å². The molecule has 1 aliphatic heterocycles. The number of nitrogens with one attached hydrogen (secondary N) is 1. The average Bonchev–Trinajstić information content (AvgIpc) is 2.81. The van der Waals surface area contributed by atoms with Crippen LogP contribution in [0.25, 0.3) is 0 Å². The maximum absolute atomic E-state index is 13.1. The monoisotopic (exact) mass is 306 g/mol. The zero-order valence-corrected chi connectivity index (χ0v) is 12.8. The number of fused-ring (bicyclic) bond motifs is 2. The smallest absolute Gasteiger partial charge is 0.319 e. The fraction of sp³-hybridized carbons (Fsp3) is 0.263. The Bertz CT molecular complexity index is 772. The largest absolute Gasteiger partial charge is 0.325 e. The SMILES string of the molecule is O=C1N[C@@]2(CCCc3ccccc32)C(=O)N1Cc1ccccc1. The molecule has 3 amide bonds. The van der Waals surface area contributed by atoms with Crippen molar-refractivity contribution in [1.82, 2.24) is 10.2 Å². The summed E-state index contributed by atoms with van der Waals surface area (Å²) in [4.78, 5) is 26.9. The van der Waals surface area contributed by atoms with Gasteiger partial charge in [-0.25, -0.2) is 4.79 Å². The first-order chi connectivity index (χ1) is 11.2. The fourth-order valence-electron chi connectivity index (χ4n) is 3.72. The van der Waals surface area contributed by atoms with Crippen molar-refractivity contribution in [2.75, 3.05) is 0 Å². The molecule has 0 aromatic heterocycles. The van der Waals surface area contributed by atoms with Gasteiger partial charge in [-0.2, -0.15) is 0 Å². The molecular formula is C19H18N2O2. The Morgan fingerprint density at radius 2 is 1.74 bits per heavy atom. The topological polar surface area (TPSA) is 49.4 Å². The van der Waals surface area contributed by atoms with Gasteiger partial charge in [-0.15, -0.1) is 0 Å². The van der Waals surface area contributed by atoms with Crippen molar-refractivity contribution >= 4 is 11.9 Å². The van der Waals surface area contributed by atoms with E-state index in [0.717, 1.165) is 29.5 Å². The zero-order chi connectivity index (χ0) is 15.9. The van der Waals surface area contributed by atoms with Crippen LogP contribution in [0.5, 0.6) is 0 Å². The molecule has 1 aliphatic carbocycles. The van der Waals surface area contributed by atoms with Gasteiger partial charge < -0.3 is 5.32 Å². The number of aryl methyl sites for hydroxylation is 1. The molecule has 0 saturated carbocycles. The summed E-state index contributed by atoms with van der Waals surface area (Å²) in [6.45, 7) is 0.315. The van der Waals surface area contributed by atoms with Gasteiger partial charge in [0.25, 0.3) is 5.91 Å². The van der Waals surface area contributed by atoms with Crippen molar-refractivity contribution in [3.05, 3.63) is 71.3 Å². The van der Waals surface area contributed by atoms with E-state index in [2.05, 4.69) is 11.4 Å². The molecule has 1 heterocycles. The van der Waals surface area contributed by atoms with Gasteiger partial charge in [-0.05, 0) is 36.0 Å². The standard InChI is InChI=1S/C19H18N2O2/c22-17-19(12-6-10-15-9-4-5-11-16(15)19)20-18(23)21(17)13-14-7-2-1-3-8-14/h1-5,7-9,11H,6,10,12-13H2,(H,20,23)/t19-/m1/s1. The number of carbonyl (C=O) groups is 2. The van der Waals surface area contributed by atoms with Crippen LogP contribution in [-0.2, 0) is 23.3 Å². The maximum Gasteiger partial charge on any atom is 0.325 e. The van der Waals surface area contributed by atoms with E-state index in [9.17, 15) is 9.59 Å². The van der Waals surface area contributed by atoms with Crippen molar-refractivity contribution in [2.45, 2.75) is 31.3 Å². The lowest BCUT2D eigenvalue weighted by molar-refractivity contribution is -0.132. The third-order valence-electron chi connectivity index (χ3n) is 4.83. The Labute approximate surface area is 135 Å². The highest BCUT2D eigenvalue weighted by Crippen LogP contribution is 2.40. The third kappa shape index (κ3) is 2.13. The van der Waals surface area contributed by atoms with Gasteiger partial charge in [0, 0.05) is 0 Å². The summed E-state index contributed by atoms with van der Waals surface area (Å²) >= 11 is 0. The van der Waals surface area contributed by atoms with Crippen molar-refractivity contribution in [3.63, 3.8) is 0 Å². The first-order valence-electron chi connectivity index (χ1n) is 7.97. The van der Waals surface area contributed by atoms with Crippen LogP contribution >= 0.6 is 0 Å². The molecule has 4 nitrogen and oxygen atoms in total. The number of benzene rings is 2. The lowest BCUT2D eigenvalue weighted by atomic mass is 9.76. The quantitative estimate of drug-likeness (QED) is 0.867. The van der Waals surface area contributed by atoms with Crippen LogP contribution < -0.4 is 5.32 Å². The van der Waals surface area contributed by atoms with Gasteiger partial charge in [0.1, 0.15) is 5.54 Å². The molecule has 2 aromatic carbocycles. The number of hydrogen-bond acceptors (Lipinski definition) is 2. The Hall–Kier alpha value is -2.62. The molecule has 1 atom stereocenters. The van der Waals surface area contributed by atoms with E-state index in [4.69, 9.17) is 0 Å². The molecule has 1 spiro atoms. The molecule has 1 saturated heterocycles. The van der Waals surface area contributed by atoms with E-state index in [0.29, 0.717) is 13.0 Å². The first kappa shape index (κ1) is 14.0. The number of carbonyl (C=O) groups excluding carboxylic acids is 2. The zero-order valence-electron chi connectivity index (χ0n) is 12.8. The van der Waals surface area contributed by atoms with Crippen molar-refractivity contribution < 1.29 is 9.59 Å². The third-order valence-corrected chi connectivity index (χ3v) is 4.83. The van der Waals surface area contributed by atoms with Crippen molar-refractivity contribution in [2.24, 2.45) is 0 Å². The maximum atomic E-state index is 13.1. The predicted molar refractivity (Wildman–Crippen MR) is 86.6 cm³/mol. The van der Waals surface area contributed by atoms with Crippen molar-refractivity contribution in [1.29, 1.82) is 0 Å². The summed E-state index contributed by atoms with van der Waals surface area (Å²) < 4.78 is 0. The first-order valence-corrected chi connectivity index (χ1v) is 7.97. The molecule has 1 N–H and O–H groups in total. The minimum Gasteiger partial charge on any atom is -0.319 e. The molecule has 23 heavy (non-hydrogen) atoms. The number of rotatable bonds is 2. The number of amides is 3. The van der Waals surface area contributed by atoms with E-state index in [1.54, 1.807) is 0 Å². The molecule has 2 aliphatic rings. The minimum atomic E-state index is -0.874. The van der Waals surface area contributed by atoms with E-state index in [-0.39, 0.29) is 11.9 Å². The van der Waals surface area contributed by atoms with E-state index >= 15 is 0 Å². The predicted octanol–water partition coefficient (Wildman–Crippen LogP) is 2.97. The van der Waals surface area contributed by atoms with Crippen LogP contribution in [0.3, 0.4) is 0 Å². The van der Waals surface area contributed by atoms with Crippen LogP contribution in [0.4, 0.5) is 4.79 Å². The molecule has 0 radical (unpaired) electrons. The Kier molecular flexibility index (Phi) is 3.18. The lowest BCUT2D eigenvalue weighted by Crippen LogP contribution is -2.46. The van der Waals surface area contributed by atoms with Gasteiger partial charge in [-0.3, -0.25) is 9.69 Å². The van der Waals surface area contributed by atoms with E-state index < -0.39 is 5.54 Å². The molecule has 4 rings (SSSR count). The number of urea groups is 1. The Balaban J connectivity index is 1.71. The fourth-order valence-corrected chi connectivity index (χ4v) is 3.72. The highest BCUT2D eigenvalue weighted by atomic mass is 16.2. The van der Waals surface area contributed by atoms with Crippen LogP contribution in [0.15, 0.2) is 54.6 Å². The molecule has 4 heteroatoms. The van der Waals surface area contributed by atoms with Gasteiger partial charge in [0.2, 0.25) is 0 Å². The summed E-state index contributed by atoms with van der Waals surface area (Å²) in [5, 5.41) is 2.98. The van der Waals surface area contributed by atoms with E-state index in [1.807, 2.05) is 48.5 Å². The molecular weight excluding hydrogens is 288 g/mol. The van der Waals surface area contributed by atoms with Gasteiger partial charge in [0.05, 0.1) is 6.54 Å². The minimum absolute atomic E-state index is 0.126. The highest BCUT2D eigenvalue weighted by molar-refractivity contribution is 6.07. The second-order valence-corrected chi connectivity index (χ2v) is 6.22. The Morgan fingerprint density at radius 3 is 2.57 bits per heavy atom. The molecule has 1 fully saturated rings. The van der Waals surface area contributed by atoms with Crippen molar-refractivity contribution in [3.8, 4) is 0 Å². The number of hydrogen-bond donors (Lipinski definition) is 1. The summed E-state index contributed by atoms with van der Waals surface area (Å²) in [6.07, 6.45) is 2.53. The summed E-state index contributed by atoms with van der Waals surface area (Å²) in [7, 11) is 0. The van der Waals surface area contributed by atoms with Crippen LogP contribution in [-0.4, -0.2) is 16.8 Å².